The van der Waals surface area contributed by atoms with E-state index >= 15 is 0 Å². The van der Waals surface area contributed by atoms with Gasteiger partial charge in [0.15, 0.2) is 5.96 Å². The Morgan fingerprint density at radius 1 is 1.28 bits per heavy atom. The summed E-state index contributed by atoms with van der Waals surface area (Å²) in [6, 6.07) is 3.33. The highest BCUT2D eigenvalue weighted by atomic mass is 32.2. The van der Waals surface area contributed by atoms with Gasteiger partial charge >= 0.3 is 0 Å². The van der Waals surface area contributed by atoms with Crippen molar-refractivity contribution in [2.24, 2.45) is 4.99 Å². The number of rotatable bonds is 9. The van der Waals surface area contributed by atoms with Gasteiger partial charge in [-0.05, 0) is 50.5 Å². The molecular formula is C17H28N4O2S2. The smallest absolute Gasteiger partial charge is 0.250 e. The Labute approximate surface area is 154 Å². The van der Waals surface area contributed by atoms with Crippen molar-refractivity contribution in [2.75, 3.05) is 26.2 Å². The van der Waals surface area contributed by atoms with Crippen LogP contribution in [0, 0.1) is 0 Å². The Hall–Kier alpha value is -1.38. The lowest BCUT2D eigenvalue weighted by molar-refractivity contribution is 0.584. The van der Waals surface area contributed by atoms with Gasteiger partial charge in [-0.25, -0.2) is 13.1 Å². The Kier molecular flexibility index (Phi) is 8.43. The molecule has 0 saturated carbocycles. The lowest BCUT2D eigenvalue weighted by Crippen LogP contribution is -2.38. The number of guanidine groups is 1. The van der Waals surface area contributed by atoms with Crippen LogP contribution in [0.1, 0.15) is 39.0 Å². The topological polar surface area (TPSA) is 82.6 Å². The maximum Gasteiger partial charge on any atom is 0.250 e. The molecule has 0 bridgehead atoms. The van der Waals surface area contributed by atoms with Crippen molar-refractivity contribution in [3.05, 3.63) is 29.2 Å². The van der Waals surface area contributed by atoms with Gasteiger partial charge in [-0.3, -0.25) is 4.99 Å². The van der Waals surface area contributed by atoms with Crippen LogP contribution in [0.25, 0.3) is 0 Å². The zero-order valence-electron chi connectivity index (χ0n) is 14.8. The van der Waals surface area contributed by atoms with Gasteiger partial charge in [0.1, 0.15) is 4.21 Å². The molecule has 3 N–H and O–H groups in total. The molecule has 1 aliphatic carbocycles. The van der Waals surface area contributed by atoms with E-state index in [2.05, 4.69) is 26.4 Å². The van der Waals surface area contributed by atoms with E-state index < -0.39 is 10.0 Å². The zero-order chi connectivity index (χ0) is 18.0. The van der Waals surface area contributed by atoms with E-state index in [0.29, 0.717) is 10.8 Å². The van der Waals surface area contributed by atoms with Gasteiger partial charge < -0.3 is 10.6 Å². The van der Waals surface area contributed by atoms with E-state index in [9.17, 15) is 8.42 Å². The Bertz CT molecular complexity index is 667. The van der Waals surface area contributed by atoms with Crippen LogP contribution in [-0.4, -0.2) is 40.6 Å². The fourth-order valence-electron chi connectivity index (χ4n) is 2.65. The average Bonchev–Trinajstić information content (AvgIpc) is 3.15. The quantitative estimate of drug-likeness (QED) is 0.264. The summed E-state index contributed by atoms with van der Waals surface area (Å²) >= 11 is 1.21. The number of hydrogen-bond donors (Lipinski definition) is 3. The fourth-order valence-corrected chi connectivity index (χ4v) is 4.71. The van der Waals surface area contributed by atoms with E-state index in [1.54, 1.807) is 17.5 Å². The largest absolute Gasteiger partial charge is 0.357 e. The van der Waals surface area contributed by atoms with Crippen LogP contribution in [-0.2, 0) is 10.0 Å². The first-order valence-corrected chi connectivity index (χ1v) is 11.2. The van der Waals surface area contributed by atoms with Crippen molar-refractivity contribution in [1.82, 2.24) is 15.4 Å². The third-order valence-corrected chi connectivity index (χ3v) is 6.76. The Morgan fingerprint density at radius 2 is 2.16 bits per heavy atom. The SMILES string of the molecule is CCNC(=NCCNS(=O)(=O)c1cccs1)NCCC1=CCCCC1. The second kappa shape index (κ2) is 10.6. The standard InChI is InChI=1S/C17H28N4O2S2/c1-2-18-17(19-11-10-15-7-4-3-5-8-15)20-12-13-21-25(22,23)16-9-6-14-24-16/h6-7,9,14,21H,2-5,8,10-13H2,1H3,(H2,18,19,20). The number of nitrogens with one attached hydrogen (secondary N) is 3. The summed E-state index contributed by atoms with van der Waals surface area (Å²) in [6.45, 7) is 4.30. The fraction of sp³-hybridized carbons (Fsp3) is 0.588. The predicted octanol–water partition coefficient (Wildman–Crippen LogP) is 2.47. The molecule has 0 atom stereocenters. The van der Waals surface area contributed by atoms with Gasteiger partial charge in [-0.1, -0.05) is 17.7 Å². The first kappa shape index (κ1) is 19.9. The minimum absolute atomic E-state index is 0.280. The summed E-state index contributed by atoms with van der Waals surface area (Å²) in [5.74, 6) is 0.731. The summed E-state index contributed by atoms with van der Waals surface area (Å²) in [6.07, 6.45) is 8.41. The molecule has 2 rings (SSSR count). The van der Waals surface area contributed by atoms with Crippen molar-refractivity contribution in [1.29, 1.82) is 0 Å². The van der Waals surface area contributed by atoms with Crippen LogP contribution >= 0.6 is 11.3 Å². The van der Waals surface area contributed by atoms with Crippen molar-refractivity contribution < 1.29 is 8.42 Å². The molecule has 0 unspecified atom stereocenters. The van der Waals surface area contributed by atoms with Gasteiger partial charge in [0.25, 0.3) is 0 Å². The van der Waals surface area contributed by atoms with Crippen molar-refractivity contribution in [2.45, 2.75) is 43.2 Å². The van der Waals surface area contributed by atoms with Crippen molar-refractivity contribution in [3.63, 3.8) is 0 Å². The summed E-state index contributed by atoms with van der Waals surface area (Å²) in [5, 5.41) is 8.26. The number of allylic oxidation sites excluding steroid dienone is 1. The lowest BCUT2D eigenvalue weighted by Gasteiger charge is -2.15. The molecule has 1 aromatic heterocycles. The molecule has 0 aromatic carbocycles. The molecule has 0 radical (unpaired) electrons. The van der Waals surface area contributed by atoms with Crippen molar-refractivity contribution in [3.8, 4) is 0 Å². The summed E-state index contributed by atoms with van der Waals surface area (Å²) in [7, 11) is -3.41. The van der Waals surface area contributed by atoms with Gasteiger partial charge in [-0.15, -0.1) is 11.3 Å². The third kappa shape index (κ3) is 7.17. The van der Waals surface area contributed by atoms with Crippen LogP contribution in [0.15, 0.2) is 38.4 Å². The molecule has 140 valence electrons. The summed E-state index contributed by atoms with van der Waals surface area (Å²) < 4.78 is 27.0. The molecule has 1 aromatic rings. The summed E-state index contributed by atoms with van der Waals surface area (Å²) in [5.41, 5.74) is 1.53. The highest BCUT2D eigenvalue weighted by molar-refractivity contribution is 7.91. The first-order valence-electron chi connectivity index (χ1n) is 8.85. The van der Waals surface area contributed by atoms with Crippen LogP contribution in [0.5, 0.6) is 0 Å². The Balaban J connectivity index is 1.74. The number of aliphatic imine (C=N–C) groups is 1. The molecule has 0 saturated heterocycles. The molecule has 0 fully saturated rings. The van der Waals surface area contributed by atoms with Crippen LogP contribution in [0.3, 0.4) is 0 Å². The van der Waals surface area contributed by atoms with Crippen LogP contribution in [0.2, 0.25) is 0 Å². The number of nitrogens with zero attached hydrogens (tertiary/aromatic N) is 1. The molecule has 1 heterocycles. The zero-order valence-corrected chi connectivity index (χ0v) is 16.4. The Morgan fingerprint density at radius 3 is 2.84 bits per heavy atom. The van der Waals surface area contributed by atoms with Gasteiger partial charge in [0.2, 0.25) is 10.0 Å². The predicted molar refractivity (Wildman–Crippen MR) is 105 cm³/mol. The van der Waals surface area contributed by atoms with E-state index in [0.717, 1.165) is 25.5 Å². The van der Waals surface area contributed by atoms with Crippen LogP contribution < -0.4 is 15.4 Å². The highest BCUT2D eigenvalue weighted by Crippen LogP contribution is 2.19. The molecule has 0 amide bonds. The molecule has 0 aliphatic heterocycles. The molecule has 0 spiro atoms. The van der Waals surface area contributed by atoms with Crippen molar-refractivity contribution >= 4 is 27.3 Å². The molecule has 8 heteroatoms. The monoisotopic (exact) mass is 384 g/mol. The first-order chi connectivity index (χ1) is 12.1. The minimum atomic E-state index is -3.41. The van der Waals surface area contributed by atoms with Crippen LogP contribution in [0.4, 0.5) is 0 Å². The lowest BCUT2D eigenvalue weighted by atomic mass is 9.97. The number of hydrogen-bond acceptors (Lipinski definition) is 4. The minimum Gasteiger partial charge on any atom is -0.357 e. The molecular weight excluding hydrogens is 356 g/mol. The second-order valence-corrected chi connectivity index (χ2v) is 8.82. The van der Waals surface area contributed by atoms with Gasteiger partial charge in [0, 0.05) is 19.6 Å². The maximum atomic E-state index is 12.0. The molecule has 25 heavy (non-hydrogen) atoms. The molecule has 1 aliphatic rings. The second-order valence-electron chi connectivity index (χ2n) is 5.88. The number of sulfonamides is 1. The molecule has 6 nitrogen and oxygen atoms in total. The van der Waals surface area contributed by atoms with E-state index in [1.807, 2.05) is 6.92 Å². The van der Waals surface area contributed by atoms with E-state index in [4.69, 9.17) is 0 Å². The maximum absolute atomic E-state index is 12.0. The third-order valence-electron chi connectivity index (χ3n) is 3.90. The highest BCUT2D eigenvalue weighted by Gasteiger charge is 2.13. The number of thiophene rings is 1. The van der Waals surface area contributed by atoms with E-state index in [1.165, 1.54) is 42.6 Å². The normalized spacial score (nSPS) is 15.7. The van der Waals surface area contributed by atoms with E-state index in [-0.39, 0.29) is 6.54 Å². The van der Waals surface area contributed by atoms with Gasteiger partial charge in [-0.2, -0.15) is 0 Å². The average molecular weight is 385 g/mol. The summed E-state index contributed by atoms with van der Waals surface area (Å²) in [4.78, 5) is 4.43. The van der Waals surface area contributed by atoms with Gasteiger partial charge in [0.05, 0.1) is 6.54 Å².